The molecule has 1 saturated carbocycles. The molecule has 1 aromatic carbocycles. The normalized spacial score (nSPS) is 29.8. The van der Waals surface area contributed by atoms with E-state index >= 15 is 0 Å². The van der Waals surface area contributed by atoms with Gasteiger partial charge in [-0.15, -0.1) is 0 Å². The molecule has 0 bridgehead atoms. The summed E-state index contributed by atoms with van der Waals surface area (Å²) in [4.78, 5) is 29.0. The molecule has 23 heavy (non-hydrogen) atoms. The fourth-order valence-electron chi connectivity index (χ4n) is 4.71. The molecule has 3 fully saturated rings. The van der Waals surface area contributed by atoms with Crippen molar-refractivity contribution in [1.29, 1.82) is 0 Å². The number of fused-ring (bicyclic) bond motifs is 3. The van der Waals surface area contributed by atoms with Crippen LogP contribution in [0.1, 0.15) is 37.7 Å². The number of piperazine rings is 1. The fraction of sp³-hybridized carbons (Fsp3) is 0.579. The maximum absolute atomic E-state index is 12.8. The summed E-state index contributed by atoms with van der Waals surface area (Å²) in [6.07, 6.45) is 6.26. The number of carbonyl (C=O) groups excluding carboxylic acids is 2. The van der Waals surface area contributed by atoms with E-state index in [1.165, 1.54) is 18.4 Å². The van der Waals surface area contributed by atoms with Crippen LogP contribution in [0.15, 0.2) is 30.3 Å². The van der Waals surface area contributed by atoms with Crippen molar-refractivity contribution in [3.63, 3.8) is 0 Å². The third kappa shape index (κ3) is 2.64. The first-order valence-corrected chi connectivity index (χ1v) is 8.88. The summed E-state index contributed by atoms with van der Waals surface area (Å²) in [6.45, 7) is 0.979. The van der Waals surface area contributed by atoms with Crippen LogP contribution in [-0.2, 0) is 16.0 Å². The highest BCUT2D eigenvalue weighted by molar-refractivity contribution is 5.95. The quantitative estimate of drug-likeness (QED) is 0.855. The van der Waals surface area contributed by atoms with E-state index in [1.54, 1.807) is 4.90 Å². The Morgan fingerprint density at radius 3 is 2.74 bits per heavy atom. The second-order valence-electron chi connectivity index (χ2n) is 7.16. The van der Waals surface area contributed by atoms with Crippen molar-refractivity contribution in [1.82, 2.24) is 9.80 Å². The molecule has 122 valence electrons. The highest BCUT2D eigenvalue weighted by atomic mass is 16.2. The van der Waals surface area contributed by atoms with Crippen molar-refractivity contribution in [3.8, 4) is 0 Å². The molecule has 2 aliphatic heterocycles. The van der Waals surface area contributed by atoms with Crippen LogP contribution in [0.25, 0.3) is 0 Å². The topological polar surface area (TPSA) is 40.6 Å². The lowest BCUT2D eigenvalue weighted by molar-refractivity contribution is -0.155. The van der Waals surface area contributed by atoms with E-state index in [2.05, 4.69) is 12.1 Å². The van der Waals surface area contributed by atoms with Crippen LogP contribution in [0.4, 0.5) is 0 Å². The fourth-order valence-corrected chi connectivity index (χ4v) is 4.71. The molecular formula is C19H24N2O2. The largest absolute Gasteiger partial charge is 0.332 e. The molecule has 4 rings (SSSR count). The minimum atomic E-state index is -0.164. The van der Waals surface area contributed by atoms with Crippen molar-refractivity contribution in [2.75, 3.05) is 13.1 Å². The predicted molar refractivity (Wildman–Crippen MR) is 87.7 cm³/mol. The monoisotopic (exact) mass is 312 g/mol. The van der Waals surface area contributed by atoms with E-state index in [9.17, 15) is 9.59 Å². The van der Waals surface area contributed by atoms with Gasteiger partial charge in [-0.1, -0.05) is 36.8 Å². The number of amides is 2. The molecule has 1 aliphatic carbocycles. The Bertz CT molecular complexity index is 601. The number of hydrogen-bond acceptors (Lipinski definition) is 2. The average molecular weight is 312 g/mol. The SMILES string of the molecule is O=C1[C@@H]2C[C@@H]3CCC[C@@H]3N2C(=O)CN1CCCc1ccccc1. The molecule has 0 aromatic heterocycles. The molecule has 0 unspecified atom stereocenters. The molecule has 3 aliphatic rings. The first-order valence-electron chi connectivity index (χ1n) is 8.88. The summed E-state index contributed by atoms with van der Waals surface area (Å²) >= 11 is 0. The smallest absolute Gasteiger partial charge is 0.245 e. The number of rotatable bonds is 4. The van der Waals surface area contributed by atoms with E-state index in [0.29, 0.717) is 18.5 Å². The molecule has 2 saturated heterocycles. The maximum atomic E-state index is 12.8. The summed E-state index contributed by atoms with van der Waals surface area (Å²) < 4.78 is 0. The van der Waals surface area contributed by atoms with Crippen molar-refractivity contribution in [3.05, 3.63) is 35.9 Å². The molecule has 4 nitrogen and oxygen atoms in total. The molecule has 2 heterocycles. The van der Waals surface area contributed by atoms with Crippen LogP contribution in [0.5, 0.6) is 0 Å². The van der Waals surface area contributed by atoms with Crippen molar-refractivity contribution < 1.29 is 9.59 Å². The third-order valence-corrected chi connectivity index (χ3v) is 5.79. The van der Waals surface area contributed by atoms with Gasteiger partial charge in [-0.2, -0.15) is 0 Å². The summed E-state index contributed by atoms with van der Waals surface area (Å²) in [5, 5.41) is 0. The van der Waals surface area contributed by atoms with Crippen LogP contribution in [0.2, 0.25) is 0 Å². The van der Waals surface area contributed by atoms with Crippen molar-refractivity contribution >= 4 is 11.8 Å². The Hall–Kier alpha value is -1.84. The maximum Gasteiger partial charge on any atom is 0.245 e. The van der Waals surface area contributed by atoms with Gasteiger partial charge in [0.15, 0.2) is 0 Å². The molecule has 1 aromatic rings. The molecule has 2 amide bonds. The lowest BCUT2D eigenvalue weighted by Crippen LogP contribution is -2.59. The van der Waals surface area contributed by atoms with Crippen LogP contribution in [-0.4, -0.2) is 46.8 Å². The van der Waals surface area contributed by atoms with Gasteiger partial charge in [0.2, 0.25) is 11.8 Å². The van der Waals surface area contributed by atoms with Gasteiger partial charge in [0.1, 0.15) is 6.04 Å². The molecule has 4 heteroatoms. The van der Waals surface area contributed by atoms with Crippen molar-refractivity contribution in [2.24, 2.45) is 5.92 Å². The lowest BCUT2D eigenvalue weighted by atomic mass is 10.0. The molecule has 0 radical (unpaired) electrons. The van der Waals surface area contributed by atoms with Gasteiger partial charge in [-0.3, -0.25) is 9.59 Å². The predicted octanol–water partition coefficient (Wildman–Crippen LogP) is 2.23. The van der Waals surface area contributed by atoms with Gasteiger partial charge < -0.3 is 9.80 Å². The Kier molecular flexibility index (Phi) is 3.83. The number of aryl methyl sites for hydroxylation is 1. The number of nitrogens with zero attached hydrogens (tertiary/aromatic N) is 2. The first-order chi connectivity index (χ1) is 11.2. The zero-order valence-corrected chi connectivity index (χ0v) is 13.5. The molecule has 3 atom stereocenters. The van der Waals surface area contributed by atoms with Gasteiger partial charge in [0.25, 0.3) is 0 Å². The Morgan fingerprint density at radius 1 is 1.09 bits per heavy atom. The average Bonchev–Trinajstić information content (AvgIpc) is 3.14. The van der Waals surface area contributed by atoms with E-state index < -0.39 is 0 Å². The second kappa shape index (κ2) is 5.99. The van der Waals surface area contributed by atoms with E-state index in [-0.39, 0.29) is 24.4 Å². The molecule has 0 N–H and O–H groups in total. The van der Waals surface area contributed by atoms with Gasteiger partial charge in [0.05, 0.1) is 6.54 Å². The lowest BCUT2D eigenvalue weighted by Gasteiger charge is -2.39. The Balaban J connectivity index is 1.38. The minimum absolute atomic E-state index is 0.164. The summed E-state index contributed by atoms with van der Waals surface area (Å²) in [7, 11) is 0. The van der Waals surface area contributed by atoms with Gasteiger partial charge in [-0.05, 0) is 43.6 Å². The van der Waals surface area contributed by atoms with Crippen LogP contribution in [0.3, 0.4) is 0 Å². The van der Waals surface area contributed by atoms with E-state index in [1.807, 2.05) is 23.1 Å². The number of hydrogen-bond donors (Lipinski definition) is 0. The Labute approximate surface area is 137 Å². The zero-order valence-electron chi connectivity index (χ0n) is 13.5. The number of carbonyl (C=O) groups is 2. The van der Waals surface area contributed by atoms with Gasteiger partial charge in [0, 0.05) is 12.6 Å². The van der Waals surface area contributed by atoms with Gasteiger partial charge in [-0.25, -0.2) is 0 Å². The van der Waals surface area contributed by atoms with Crippen LogP contribution < -0.4 is 0 Å². The van der Waals surface area contributed by atoms with Gasteiger partial charge >= 0.3 is 0 Å². The highest BCUT2D eigenvalue weighted by Crippen LogP contribution is 2.42. The molecule has 0 spiro atoms. The Morgan fingerprint density at radius 2 is 1.91 bits per heavy atom. The third-order valence-electron chi connectivity index (χ3n) is 5.79. The van der Waals surface area contributed by atoms with Crippen LogP contribution >= 0.6 is 0 Å². The van der Waals surface area contributed by atoms with Crippen molar-refractivity contribution in [2.45, 2.75) is 50.6 Å². The minimum Gasteiger partial charge on any atom is -0.332 e. The summed E-state index contributed by atoms with van der Waals surface area (Å²) in [5.74, 6) is 0.924. The standard InChI is InChI=1S/C19H24N2O2/c22-18-13-20(11-5-8-14-6-2-1-3-7-14)19(23)17-12-15-9-4-10-16(15)21(17)18/h1-3,6-7,15-17H,4-5,8-13H2/t15-,16-,17-/m0/s1. The number of benzene rings is 1. The highest BCUT2D eigenvalue weighted by Gasteiger charge is 2.52. The second-order valence-corrected chi connectivity index (χ2v) is 7.16. The summed E-state index contributed by atoms with van der Waals surface area (Å²) in [5.41, 5.74) is 1.29. The van der Waals surface area contributed by atoms with E-state index in [4.69, 9.17) is 0 Å². The van der Waals surface area contributed by atoms with Crippen LogP contribution in [0, 0.1) is 5.92 Å². The zero-order chi connectivity index (χ0) is 15.8. The van der Waals surface area contributed by atoms with E-state index in [0.717, 1.165) is 25.7 Å². The first kappa shape index (κ1) is 14.7. The summed E-state index contributed by atoms with van der Waals surface area (Å²) in [6, 6.07) is 10.5. The molecular weight excluding hydrogens is 288 g/mol.